The lowest BCUT2D eigenvalue weighted by atomic mass is 9.89. The molecule has 0 bridgehead atoms. The van der Waals surface area contributed by atoms with E-state index in [1.807, 2.05) is 43.3 Å². The first-order chi connectivity index (χ1) is 16.6. The Balaban J connectivity index is 1.64. The van der Waals surface area contributed by atoms with Gasteiger partial charge in [0.1, 0.15) is 6.61 Å². The van der Waals surface area contributed by atoms with E-state index in [-0.39, 0.29) is 12.0 Å². The minimum Gasteiger partial charge on any atom is -0.490 e. The van der Waals surface area contributed by atoms with Gasteiger partial charge in [-0.05, 0) is 74.2 Å². The van der Waals surface area contributed by atoms with E-state index in [4.69, 9.17) is 9.47 Å². The maximum atomic E-state index is 11.5. The van der Waals surface area contributed by atoms with Gasteiger partial charge in [0.25, 0.3) is 0 Å². The number of likely N-dealkylation sites (tertiary alicyclic amines) is 1. The number of rotatable bonds is 9. The Morgan fingerprint density at radius 3 is 2.35 bits per heavy atom. The molecule has 0 aliphatic carbocycles. The van der Waals surface area contributed by atoms with Gasteiger partial charge in [-0.15, -0.1) is 0 Å². The molecule has 0 aromatic heterocycles. The summed E-state index contributed by atoms with van der Waals surface area (Å²) < 4.78 is 12.1. The zero-order valence-corrected chi connectivity index (χ0v) is 19.9. The topological polar surface area (TPSA) is 59.0 Å². The average molecular weight is 460 g/mol. The highest BCUT2D eigenvalue weighted by Gasteiger charge is 2.31. The second-order valence-corrected chi connectivity index (χ2v) is 8.82. The molecular formula is C29H33NO4. The van der Waals surface area contributed by atoms with Gasteiger partial charge in [0, 0.05) is 0 Å². The van der Waals surface area contributed by atoms with E-state index in [0.717, 1.165) is 35.7 Å². The fourth-order valence-corrected chi connectivity index (χ4v) is 4.70. The van der Waals surface area contributed by atoms with Crippen LogP contribution < -0.4 is 9.47 Å². The molecule has 1 saturated heterocycles. The summed E-state index contributed by atoms with van der Waals surface area (Å²) in [6, 6.07) is 24.7. The van der Waals surface area contributed by atoms with Crippen LogP contribution in [0.5, 0.6) is 11.5 Å². The monoisotopic (exact) mass is 459 g/mol. The number of carboxylic acids is 1. The molecule has 1 heterocycles. The summed E-state index contributed by atoms with van der Waals surface area (Å²) in [6.45, 7) is 6.61. The van der Waals surface area contributed by atoms with Crippen LogP contribution in [0.25, 0.3) is 0 Å². The first-order valence-electron chi connectivity index (χ1n) is 12.0. The van der Waals surface area contributed by atoms with Gasteiger partial charge in [-0.1, -0.05) is 60.7 Å². The molecule has 5 nitrogen and oxygen atoms in total. The van der Waals surface area contributed by atoms with Crippen molar-refractivity contribution < 1.29 is 19.4 Å². The molecule has 4 rings (SSSR count). The second kappa shape index (κ2) is 11.2. The van der Waals surface area contributed by atoms with Crippen molar-refractivity contribution in [2.75, 3.05) is 19.7 Å². The lowest BCUT2D eigenvalue weighted by Crippen LogP contribution is -2.39. The number of carbonyl (C=O) groups is 1. The normalized spacial score (nSPS) is 15.6. The van der Waals surface area contributed by atoms with Crippen LogP contribution in [0.1, 0.15) is 48.1 Å². The molecule has 1 N–H and O–H groups in total. The van der Waals surface area contributed by atoms with Crippen LogP contribution in [0.2, 0.25) is 0 Å². The summed E-state index contributed by atoms with van der Waals surface area (Å²) in [6.07, 6.45) is 1.32. The summed E-state index contributed by atoms with van der Waals surface area (Å²) in [7, 11) is 0. The zero-order chi connectivity index (χ0) is 23.9. The fourth-order valence-electron chi connectivity index (χ4n) is 4.70. The van der Waals surface area contributed by atoms with Gasteiger partial charge in [-0.25, -0.2) is 0 Å². The molecule has 1 fully saturated rings. The Hall–Kier alpha value is -3.31. The number of aliphatic carboxylic acids is 1. The standard InChI is InChI=1S/C29H33NO4/c1-3-33-27-19-24(13-14-26(27)34-20-22-10-5-4-6-11-22)28(25-12-8-7-9-21(25)2)30-17-15-23(16-18-30)29(31)32/h4-14,19,23,28H,3,15-18,20H2,1-2H3,(H,31,32). The van der Waals surface area contributed by atoms with E-state index < -0.39 is 5.97 Å². The molecule has 3 aromatic carbocycles. The summed E-state index contributed by atoms with van der Waals surface area (Å²) >= 11 is 0. The van der Waals surface area contributed by atoms with Crippen molar-refractivity contribution in [3.05, 3.63) is 95.1 Å². The number of aryl methyl sites for hydroxylation is 1. The Morgan fingerprint density at radius 2 is 1.68 bits per heavy atom. The minimum absolute atomic E-state index is 0.0262. The van der Waals surface area contributed by atoms with Crippen LogP contribution >= 0.6 is 0 Å². The molecule has 3 aromatic rings. The van der Waals surface area contributed by atoms with Crippen LogP contribution in [0.15, 0.2) is 72.8 Å². The van der Waals surface area contributed by atoms with Crippen molar-refractivity contribution >= 4 is 5.97 Å². The molecule has 1 unspecified atom stereocenters. The van der Waals surface area contributed by atoms with Crippen molar-refractivity contribution in [1.29, 1.82) is 0 Å². The van der Waals surface area contributed by atoms with E-state index in [2.05, 4.69) is 48.2 Å². The highest BCUT2D eigenvalue weighted by atomic mass is 16.5. The maximum absolute atomic E-state index is 11.5. The number of benzene rings is 3. The third-order valence-electron chi connectivity index (χ3n) is 6.55. The third kappa shape index (κ3) is 5.60. The SMILES string of the molecule is CCOc1cc(C(c2ccccc2C)N2CCC(C(=O)O)CC2)ccc1OCc1ccccc1. The Bertz CT molecular complexity index is 1090. The quantitative estimate of drug-likeness (QED) is 0.434. The summed E-state index contributed by atoms with van der Waals surface area (Å²) in [4.78, 5) is 13.9. The molecule has 1 aliphatic heterocycles. The van der Waals surface area contributed by atoms with Crippen LogP contribution in [0.3, 0.4) is 0 Å². The summed E-state index contributed by atoms with van der Waals surface area (Å²) in [5, 5.41) is 9.45. The largest absolute Gasteiger partial charge is 0.490 e. The van der Waals surface area contributed by atoms with Gasteiger partial charge < -0.3 is 14.6 Å². The van der Waals surface area contributed by atoms with E-state index in [9.17, 15) is 9.90 Å². The van der Waals surface area contributed by atoms with E-state index >= 15 is 0 Å². The highest BCUT2D eigenvalue weighted by Crippen LogP contribution is 2.38. The number of ether oxygens (including phenoxy) is 2. The van der Waals surface area contributed by atoms with Gasteiger partial charge in [0.15, 0.2) is 11.5 Å². The summed E-state index contributed by atoms with van der Waals surface area (Å²) in [5.41, 5.74) is 4.68. The van der Waals surface area contributed by atoms with Gasteiger partial charge in [-0.3, -0.25) is 9.69 Å². The molecule has 0 amide bonds. The van der Waals surface area contributed by atoms with Crippen molar-refractivity contribution in [1.82, 2.24) is 4.90 Å². The molecule has 0 radical (unpaired) electrons. The van der Waals surface area contributed by atoms with Crippen LogP contribution in [0.4, 0.5) is 0 Å². The van der Waals surface area contributed by atoms with Crippen molar-refractivity contribution in [2.45, 2.75) is 39.3 Å². The minimum atomic E-state index is -0.689. The summed E-state index contributed by atoms with van der Waals surface area (Å²) in [5.74, 6) is 0.504. The molecule has 0 spiro atoms. The number of piperidine rings is 1. The van der Waals surface area contributed by atoms with Crippen molar-refractivity contribution in [2.24, 2.45) is 5.92 Å². The molecular weight excluding hydrogens is 426 g/mol. The first kappa shape index (κ1) is 23.8. The zero-order valence-electron chi connectivity index (χ0n) is 19.9. The average Bonchev–Trinajstić information content (AvgIpc) is 2.86. The predicted octanol–water partition coefficient (Wildman–Crippen LogP) is 5.86. The Labute approximate surface area is 201 Å². The van der Waals surface area contributed by atoms with Gasteiger partial charge >= 0.3 is 5.97 Å². The predicted molar refractivity (Wildman–Crippen MR) is 133 cm³/mol. The van der Waals surface area contributed by atoms with Crippen LogP contribution in [0, 0.1) is 12.8 Å². The third-order valence-corrected chi connectivity index (χ3v) is 6.55. The molecule has 178 valence electrons. The fraction of sp³-hybridized carbons (Fsp3) is 0.345. The van der Waals surface area contributed by atoms with Gasteiger partial charge in [0.05, 0.1) is 18.6 Å². The van der Waals surface area contributed by atoms with E-state index in [1.54, 1.807) is 0 Å². The number of carboxylic acid groups (broad SMARTS) is 1. The van der Waals surface area contributed by atoms with Gasteiger partial charge in [-0.2, -0.15) is 0 Å². The first-order valence-corrected chi connectivity index (χ1v) is 12.0. The van der Waals surface area contributed by atoms with E-state index in [1.165, 1.54) is 11.1 Å². The number of hydrogen-bond acceptors (Lipinski definition) is 4. The molecule has 1 aliphatic rings. The maximum Gasteiger partial charge on any atom is 0.306 e. The highest BCUT2D eigenvalue weighted by molar-refractivity contribution is 5.70. The van der Waals surface area contributed by atoms with Crippen molar-refractivity contribution in [3.63, 3.8) is 0 Å². The second-order valence-electron chi connectivity index (χ2n) is 8.82. The lowest BCUT2D eigenvalue weighted by Gasteiger charge is -2.38. The molecule has 5 heteroatoms. The molecule has 34 heavy (non-hydrogen) atoms. The lowest BCUT2D eigenvalue weighted by molar-refractivity contribution is -0.143. The van der Waals surface area contributed by atoms with Crippen LogP contribution in [-0.2, 0) is 11.4 Å². The Kier molecular flexibility index (Phi) is 7.86. The van der Waals surface area contributed by atoms with Crippen LogP contribution in [-0.4, -0.2) is 35.7 Å². The molecule has 1 atom stereocenters. The number of hydrogen-bond donors (Lipinski definition) is 1. The Morgan fingerprint density at radius 1 is 0.971 bits per heavy atom. The van der Waals surface area contributed by atoms with Crippen molar-refractivity contribution in [3.8, 4) is 11.5 Å². The molecule has 0 saturated carbocycles. The smallest absolute Gasteiger partial charge is 0.306 e. The number of nitrogens with zero attached hydrogens (tertiary/aromatic N) is 1. The van der Waals surface area contributed by atoms with Gasteiger partial charge in [0.2, 0.25) is 0 Å². The van der Waals surface area contributed by atoms with E-state index in [0.29, 0.717) is 26.1 Å².